The molecule has 0 bridgehead atoms. The highest BCUT2D eigenvalue weighted by molar-refractivity contribution is 6.26. The number of rotatable bonds is 2. The fourth-order valence-corrected chi connectivity index (χ4v) is 6.09. The van der Waals surface area contributed by atoms with Gasteiger partial charge in [-0.15, -0.1) is 0 Å². The van der Waals surface area contributed by atoms with Crippen LogP contribution in [0.15, 0.2) is 48.7 Å². The lowest BCUT2D eigenvalue weighted by Crippen LogP contribution is -2.29. The Morgan fingerprint density at radius 3 is 2.33 bits per heavy atom. The third-order valence-electron chi connectivity index (χ3n) is 8.05. The fourth-order valence-electron chi connectivity index (χ4n) is 6.09. The summed E-state index contributed by atoms with van der Waals surface area (Å²) >= 11 is 0. The second kappa shape index (κ2) is 7.20. The van der Waals surface area contributed by atoms with E-state index in [1.807, 2.05) is 13.8 Å². The molecule has 36 heavy (non-hydrogen) atoms. The highest BCUT2D eigenvalue weighted by Crippen LogP contribution is 2.43. The van der Waals surface area contributed by atoms with Crippen LogP contribution in [-0.4, -0.2) is 4.40 Å². The maximum absolute atomic E-state index is 7.86. The number of hydrogen-bond acceptors (Lipinski definition) is 0. The molecule has 0 N–H and O–H groups in total. The van der Waals surface area contributed by atoms with E-state index in [1.54, 1.807) is 0 Å². The van der Waals surface area contributed by atoms with Crippen LogP contribution >= 0.6 is 0 Å². The Hall–Kier alpha value is -3.64. The molecule has 0 aliphatic carbocycles. The summed E-state index contributed by atoms with van der Waals surface area (Å²) < 4.78 is 4.76. The van der Waals surface area contributed by atoms with Crippen molar-refractivity contribution in [3.63, 3.8) is 0 Å². The smallest absolute Gasteiger partial charge is 0.252 e. The molecule has 0 aliphatic rings. The highest BCUT2D eigenvalue weighted by Gasteiger charge is 2.30. The van der Waals surface area contributed by atoms with Gasteiger partial charge in [0.15, 0.2) is 6.20 Å². The van der Waals surface area contributed by atoms with E-state index < -0.39 is 5.54 Å². The number of hydrogen-bond donors (Lipinski definition) is 0. The summed E-state index contributed by atoms with van der Waals surface area (Å²) in [4.78, 5) is 3.98. The van der Waals surface area contributed by atoms with Gasteiger partial charge in [0.1, 0.15) is 7.05 Å². The second-order valence-corrected chi connectivity index (χ2v) is 12.4. The van der Waals surface area contributed by atoms with Crippen LogP contribution in [0.4, 0.5) is 0 Å². The van der Waals surface area contributed by atoms with Gasteiger partial charge in [0, 0.05) is 36.2 Å². The quantitative estimate of drug-likeness (QED) is 0.104. The maximum atomic E-state index is 7.86. The van der Waals surface area contributed by atoms with Crippen LogP contribution in [0.2, 0.25) is 0 Å². The minimum absolute atomic E-state index is 0.230. The minimum Gasteiger partial charge on any atom is -0.307 e. The molecule has 0 aliphatic heterocycles. The van der Waals surface area contributed by atoms with Crippen LogP contribution in [-0.2, 0) is 19.0 Å². The summed E-state index contributed by atoms with van der Waals surface area (Å²) in [5, 5.41) is 6.42. The summed E-state index contributed by atoms with van der Waals surface area (Å²) in [6.45, 7) is 23.3. The summed E-state index contributed by atoms with van der Waals surface area (Å²) in [6, 6.07) is 16.1. The number of pyridine rings is 2. The van der Waals surface area contributed by atoms with Crippen molar-refractivity contribution >= 4 is 49.0 Å². The average Bonchev–Trinajstić information content (AvgIpc) is 3.12. The predicted molar refractivity (Wildman–Crippen MR) is 152 cm³/mol. The molecule has 0 spiro atoms. The van der Waals surface area contributed by atoms with Gasteiger partial charge in [-0.25, -0.2) is 11.1 Å². The van der Waals surface area contributed by atoms with Crippen molar-refractivity contribution in [3.8, 4) is 0 Å². The van der Waals surface area contributed by atoms with E-state index in [9.17, 15) is 0 Å². The lowest BCUT2D eigenvalue weighted by molar-refractivity contribution is -0.643. The Bertz CT molecular complexity index is 1900. The number of nitrogens with zero attached hydrogens (tertiary/aromatic N) is 3. The first kappa shape index (κ1) is 22.8. The third-order valence-corrected chi connectivity index (χ3v) is 8.05. The molecule has 3 heteroatoms. The van der Waals surface area contributed by atoms with Crippen LogP contribution in [0.1, 0.15) is 56.9 Å². The van der Waals surface area contributed by atoms with Gasteiger partial charge in [0.2, 0.25) is 5.52 Å². The molecule has 0 amide bonds. The third kappa shape index (κ3) is 3.07. The molecule has 0 radical (unpaired) electrons. The fraction of sp³-hybridized carbons (Fsp3) is 0.333. The normalized spacial score (nSPS) is 13.1. The van der Waals surface area contributed by atoms with E-state index in [1.165, 1.54) is 65.7 Å². The van der Waals surface area contributed by atoms with E-state index in [0.717, 1.165) is 12.0 Å². The van der Waals surface area contributed by atoms with Crippen molar-refractivity contribution in [2.75, 3.05) is 0 Å². The lowest BCUT2D eigenvalue weighted by Gasteiger charge is -2.18. The zero-order valence-corrected chi connectivity index (χ0v) is 22.7. The van der Waals surface area contributed by atoms with Gasteiger partial charge >= 0.3 is 0 Å². The zero-order chi connectivity index (χ0) is 25.7. The first-order chi connectivity index (χ1) is 16.9. The number of fused-ring (bicyclic) bond motifs is 5. The number of benzene rings is 3. The molecule has 0 atom stereocenters. The largest absolute Gasteiger partial charge is 0.307 e. The molecule has 6 aromatic rings. The van der Waals surface area contributed by atoms with Gasteiger partial charge in [-0.1, -0.05) is 26.8 Å². The molecular weight excluding hydrogens is 438 g/mol. The van der Waals surface area contributed by atoms with Crippen LogP contribution in [0.5, 0.6) is 0 Å². The molecule has 3 heterocycles. The lowest BCUT2D eigenvalue weighted by atomic mass is 9.87. The van der Waals surface area contributed by atoms with Crippen molar-refractivity contribution in [2.45, 2.75) is 60.4 Å². The first-order valence-corrected chi connectivity index (χ1v) is 12.8. The Labute approximate surface area is 213 Å². The molecular formula is C33H34N3+. The molecule has 0 saturated carbocycles. The average molecular weight is 473 g/mol. The second-order valence-electron chi connectivity index (χ2n) is 12.4. The number of aryl methyl sites for hydroxylation is 3. The van der Waals surface area contributed by atoms with Crippen LogP contribution in [0.25, 0.3) is 53.8 Å². The van der Waals surface area contributed by atoms with E-state index in [-0.39, 0.29) is 5.41 Å². The van der Waals surface area contributed by atoms with Crippen molar-refractivity contribution in [2.24, 2.45) is 12.5 Å². The van der Waals surface area contributed by atoms with Gasteiger partial charge in [-0.05, 0) is 78.1 Å². The Balaban J connectivity index is 1.93. The highest BCUT2D eigenvalue weighted by atomic mass is 15.0. The van der Waals surface area contributed by atoms with Gasteiger partial charge in [-0.2, -0.15) is 0 Å². The predicted octanol–water partition coefficient (Wildman–Crippen LogP) is 8.17. The summed E-state index contributed by atoms with van der Waals surface area (Å²) in [7, 11) is 2.16. The van der Waals surface area contributed by atoms with Crippen LogP contribution in [0.3, 0.4) is 0 Å². The molecule has 0 unspecified atom stereocenters. The standard InChI is InChI=1S/C33H34N3/c1-19-14-25-24-15-21(18-32(3,4)5)10-11-26(24)36-27-17-23(33(6,7)34-8)16-22-12-13-35(9)31(29(22)27)28(20(19)2)30(25)36/h10-17H,18H2,1-7,9H3/q+1. The molecule has 6 rings (SSSR count). The van der Waals surface area contributed by atoms with Crippen LogP contribution < -0.4 is 4.57 Å². The van der Waals surface area contributed by atoms with E-state index in [0.29, 0.717) is 0 Å². The van der Waals surface area contributed by atoms with Gasteiger partial charge in [0.25, 0.3) is 5.54 Å². The van der Waals surface area contributed by atoms with E-state index in [2.05, 4.69) is 104 Å². The summed E-state index contributed by atoms with van der Waals surface area (Å²) in [5.74, 6) is 0. The van der Waals surface area contributed by atoms with E-state index >= 15 is 0 Å². The summed E-state index contributed by atoms with van der Waals surface area (Å²) in [5.41, 5.74) is 9.72. The minimum atomic E-state index is -0.589. The topological polar surface area (TPSA) is 12.7 Å². The van der Waals surface area contributed by atoms with Gasteiger partial charge in [0.05, 0.1) is 27.3 Å². The van der Waals surface area contributed by atoms with Gasteiger partial charge in [-0.3, -0.25) is 0 Å². The molecule has 3 nitrogen and oxygen atoms in total. The Kier molecular flexibility index (Phi) is 4.56. The van der Waals surface area contributed by atoms with Crippen LogP contribution in [0, 0.1) is 25.8 Å². The molecule has 3 aromatic carbocycles. The number of aromatic nitrogens is 2. The molecule has 3 aromatic heterocycles. The molecule has 0 fully saturated rings. The van der Waals surface area contributed by atoms with Gasteiger partial charge < -0.3 is 9.25 Å². The Morgan fingerprint density at radius 2 is 1.64 bits per heavy atom. The van der Waals surface area contributed by atoms with Crippen molar-refractivity contribution < 1.29 is 4.57 Å². The summed E-state index contributed by atoms with van der Waals surface area (Å²) in [6.07, 6.45) is 3.21. The van der Waals surface area contributed by atoms with Crippen molar-refractivity contribution in [1.29, 1.82) is 0 Å². The zero-order valence-electron chi connectivity index (χ0n) is 22.7. The van der Waals surface area contributed by atoms with Crippen molar-refractivity contribution in [1.82, 2.24) is 4.40 Å². The van der Waals surface area contributed by atoms with E-state index in [4.69, 9.17) is 6.57 Å². The Morgan fingerprint density at radius 1 is 0.889 bits per heavy atom. The maximum Gasteiger partial charge on any atom is 0.252 e. The monoisotopic (exact) mass is 472 g/mol. The SMILES string of the molecule is [C-]#[N+]C(C)(C)c1cc2cc[n+](C)c3c4c(C)c(C)cc5c6cc(CC(C)(C)C)ccc6n(c(c1)c23)c54. The van der Waals surface area contributed by atoms with Crippen molar-refractivity contribution in [3.05, 3.63) is 82.3 Å². The molecule has 180 valence electrons. The molecule has 0 saturated heterocycles. The first-order valence-electron chi connectivity index (χ1n) is 12.8.